The fraction of sp³-hybridized carbons (Fsp3) is 0.261. The summed E-state index contributed by atoms with van der Waals surface area (Å²) < 4.78 is 6.98. The molecule has 0 radical (unpaired) electrons. The maximum absolute atomic E-state index is 12.7. The highest BCUT2D eigenvalue weighted by Gasteiger charge is 2.14. The minimum atomic E-state index is -0.331. The zero-order chi connectivity index (χ0) is 21.3. The van der Waals surface area contributed by atoms with Crippen molar-refractivity contribution in [1.82, 2.24) is 15.1 Å². The van der Waals surface area contributed by atoms with Gasteiger partial charge in [0.25, 0.3) is 11.8 Å². The second-order valence-electron chi connectivity index (χ2n) is 6.76. The van der Waals surface area contributed by atoms with Gasteiger partial charge >= 0.3 is 0 Å². The summed E-state index contributed by atoms with van der Waals surface area (Å²) >= 11 is 0. The fourth-order valence-electron chi connectivity index (χ4n) is 2.97. The van der Waals surface area contributed by atoms with E-state index in [1.807, 2.05) is 44.2 Å². The van der Waals surface area contributed by atoms with Gasteiger partial charge < -0.3 is 15.4 Å². The molecular weight excluding hydrogens is 380 g/mol. The average Bonchev–Trinajstić information content (AvgIpc) is 3.16. The Bertz CT molecular complexity index is 999. The van der Waals surface area contributed by atoms with Gasteiger partial charge in [-0.3, -0.25) is 9.59 Å². The third-order valence-corrected chi connectivity index (χ3v) is 4.46. The number of nitrogens with zero attached hydrogens (tertiary/aromatic N) is 2. The lowest BCUT2D eigenvalue weighted by Crippen LogP contribution is -2.25. The van der Waals surface area contributed by atoms with Crippen molar-refractivity contribution in [2.45, 2.75) is 20.3 Å². The maximum atomic E-state index is 12.7. The van der Waals surface area contributed by atoms with Gasteiger partial charge in [-0.05, 0) is 56.7 Å². The summed E-state index contributed by atoms with van der Waals surface area (Å²) in [5.41, 5.74) is 3.06. The van der Waals surface area contributed by atoms with E-state index in [1.54, 1.807) is 35.0 Å². The number of benzene rings is 2. The normalized spacial score (nSPS) is 10.6. The van der Waals surface area contributed by atoms with Crippen LogP contribution in [0.2, 0.25) is 0 Å². The smallest absolute Gasteiger partial charge is 0.276 e. The van der Waals surface area contributed by atoms with Crippen LogP contribution in [0.25, 0.3) is 5.69 Å². The molecule has 1 heterocycles. The lowest BCUT2D eigenvalue weighted by Gasteiger charge is -2.08. The van der Waals surface area contributed by atoms with E-state index in [0.717, 1.165) is 17.8 Å². The Balaban J connectivity index is 1.63. The van der Waals surface area contributed by atoms with Crippen molar-refractivity contribution in [3.8, 4) is 5.69 Å². The Labute approximate surface area is 176 Å². The molecular formula is C23H26N4O3. The van der Waals surface area contributed by atoms with Crippen LogP contribution >= 0.6 is 0 Å². The Hall–Kier alpha value is -3.45. The van der Waals surface area contributed by atoms with E-state index in [0.29, 0.717) is 36.7 Å². The van der Waals surface area contributed by atoms with Crippen molar-refractivity contribution in [3.63, 3.8) is 0 Å². The summed E-state index contributed by atoms with van der Waals surface area (Å²) in [6.45, 7) is 5.64. The number of hydrogen-bond acceptors (Lipinski definition) is 4. The third kappa shape index (κ3) is 5.55. The molecule has 0 aliphatic heterocycles. The zero-order valence-electron chi connectivity index (χ0n) is 17.2. The van der Waals surface area contributed by atoms with E-state index < -0.39 is 0 Å². The van der Waals surface area contributed by atoms with E-state index in [-0.39, 0.29) is 11.8 Å². The molecule has 0 saturated carbocycles. The molecule has 30 heavy (non-hydrogen) atoms. The molecule has 0 fully saturated rings. The highest BCUT2D eigenvalue weighted by atomic mass is 16.5. The second-order valence-corrected chi connectivity index (χ2v) is 6.76. The Morgan fingerprint density at radius 2 is 1.83 bits per heavy atom. The first-order valence-electron chi connectivity index (χ1n) is 9.98. The number of rotatable bonds is 9. The number of aryl methyl sites for hydroxylation is 1. The molecule has 3 aromatic rings. The number of amides is 2. The number of nitrogens with one attached hydrogen (secondary N) is 2. The molecule has 0 atom stereocenters. The number of carbonyl (C=O) groups excluding carboxylic acids is 2. The molecule has 2 N–H and O–H groups in total. The quantitative estimate of drug-likeness (QED) is 0.532. The number of para-hydroxylation sites is 1. The van der Waals surface area contributed by atoms with Crippen molar-refractivity contribution in [2.75, 3.05) is 25.1 Å². The molecule has 156 valence electrons. The first-order valence-corrected chi connectivity index (χ1v) is 9.98. The van der Waals surface area contributed by atoms with Gasteiger partial charge in [-0.1, -0.05) is 24.3 Å². The summed E-state index contributed by atoms with van der Waals surface area (Å²) in [7, 11) is 0. The van der Waals surface area contributed by atoms with Crippen LogP contribution in [0.3, 0.4) is 0 Å². The van der Waals surface area contributed by atoms with Gasteiger partial charge in [0.15, 0.2) is 5.69 Å². The molecule has 0 aliphatic rings. The van der Waals surface area contributed by atoms with Gasteiger partial charge in [0.1, 0.15) is 0 Å². The number of aromatic nitrogens is 2. The molecule has 7 nitrogen and oxygen atoms in total. The molecule has 1 aromatic heterocycles. The Morgan fingerprint density at radius 3 is 2.60 bits per heavy atom. The van der Waals surface area contributed by atoms with Gasteiger partial charge in [-0.25, -0.2) is 4.68 Å². The molecule has 2 aromatic carbocycles. The maximum Gasteiger partial charge on any atom is 0.276 e. The highest BCUT2D eigenvalue weighted by molar-refractivity contribution is 6.04. The monoisotopic (exact) mass is 406 g/mol. The summed E-state index contributed by atoms with van der Waals surface area (Å²) in [5.74, 6) is -0.520. The van der Waals surface area contributed by atoms with Gasteiger partial charge in [-0.15, -0.1) is 0 Å². The van der Waals surface area contributed by atoms with Crippen LogP contribution in [-0.2, 0) is 4.74 Å². The summed E-state index contributed by atoms with van der Waals surface area (Å²) in [5, 5.41) is 10.1. The molecule has 0 aliphatic carbocycles. The first-order chi connectivity index (χ1) is 14.6. The van der Waals surface area contributed by atoms with Crippen LogP contribution in [0, 0.1) is 6.92 Å². The van der Waals surface area contributed by atoms with E-state index in [9.17, 15) is 9.59 Å². The van der Waals surface area contributed by atoms with E-state index in [4.69, 9.17) is 4.74 Å². The molecule has 0 saturated heterocycles. The summed E-state index contributed by atoms with van der Waals surface area (Å²) in [6.07, 6.45) is 0.749. The molecule has 0 bridgehead atoms. The molecule has 3 rings (SSSR count). The molecule has 2 amide bonds. The second kappa shape index (κ2) is 10.4. The Kier molecular flexibility index (Phi) is 7.34. The lowest BCUT2D eigenvalue weighted by molar-refractivity contribution is 0.0942. The standard InChI is InChI=1S/C23H26N4O3/c1-3-30-14-8-13-24-22(28)18-9-7-10-19(16-18)25-23(29)21-15-17(2)27(26-21)20-11-5-4-6-12-20/h4-7,9-12,15-16H,3,8,13-14H2,1-2H3,(H,24,28)(H,25,29). The van der Waals surface area contributed by atoms with Crippen molar-refractivity contribution in [1.29, 1.82) is 0 Å². The number of ether oxygens (including phenoxy) is 1. The molecule has 7 heteroatoms. The van der Waals surface area contributed by atoms with Gasteiger partial charge in [0.05, 0.1) is 5.69 Å². The minimum Gasteiger partial charge on any atom is -0.382 e. The predicted molar refractivity (Wildman–Crippen MR) is 116 cm³/mol. The topological polar surface area (TPSA) is 85.3 Å². The van der Waals surface area contributed by atoms with Crippen molar-refractivity contribution < 1.29 is 14.3 Å². The van der Waals surface area contributed by atoms with Crippen LogP contribution in [0.4, 0.5) is 5.69 Å². The van der Waals surface area contributed by atoms with E-state index >= 15 is 0 Å². The van der Waals surface area contributed by atoms with Crippen LogP contribution in [0.5, 0.6) is 0 Å². The summed E-state index contributed by atoms with van der Waals surface area (Å²) in [4.78, 5) is 25.0. The van der Waals surface area contributed by atoms with Crippen molar-refractivity contribution in [3.05, 3.63) is 77.6 Å². The highest BCUT2D eigenvalue weighted by Crippen LogP contribution is 2.15. The van der Waals surface area contributed by atoms with Crippen molar-refractivity contribution >= 4 is 17.5 Å². The minimum absolute atomic E-state index is 0.188. The average molecular weight is 406 g/mol. The SMILES string of the molecule is CCOCCCNC(=O)c1cccc(NC(=O)c2cc(C)n(-c3ccccc3)n2)c1. The van der Waals surface area contributed by atoms with Crippen LogP contribution < -0.4 is 10.6 Å². The van der Waals surface area contributed by atoms with Crippen molar-refractivity contribution in [2.24, 2.45) is 0 Å². The predicted octanol–water partition coefficient (Wildman–Crippen LogP) is 3.59. The van der Waals surface area contributed by atoms with Gasteiger partial charge in [-0.2, -0.15) is 5.10 Å². The number of anilines is 1. The third-order valence-electron chi connectivity index (χ3n) is 4.46. The van der Waals surface area contributed by atoms with Gasteiger partial charge in [0, 0.05) is 36.7 Å². The van der Waals surface area contributed by atoms with Crippen LogP contribution in [-0.4, -0.2) is 41.4 Å². The van der Waals surface area contributed by atoms with E-state index in [1.165, 1.54) is 0 Å². The molecule has 0 spiro atoms. The largest absolute Gasteiger partial charge is 0.382 e. The fourth-order valence-corrected chi connectivity index (χ4v) is 2.97. The van der Waals surface area contributed by atoms with Gasteiger partial charge in [0.2, 0.25) is 0 Å². The first kappa shape index (κ1) is 21.3. The lowest BCUT2D eigenvalue weighted by atomic mass is 10.2. The zero-order valence-corrected chi connectivity index (χ0v) is 17.2. The number of hydrogen-bond donors (Lipinski definition) is 2. The Morgan fingerprint density at radius 1 is 1.03 bits per heavy atom. The molecule has 0 unspecified atom stereocenters. The summed E-state index contributed by atoms with van der Waals surface area (Å²) in [6, 6.07) is 18.2. The number of carbonyl (C=O) groups is 2. The van der Waals surface area contributed by atoms with Crippen LogP contribution in [0.1, 0.15) is 39.9 Å². The van der Waals surface area contributed by atoms with Crippen LogP contribution in [0.15, 0.2) is 60.7 Å². The van der Waals surface area contributed by atoms with E-state index in [2.05, 4.69) is 15.7 Å².